The molecule has 1 N–H and O–H groups in total. The van der Waals surface area contributed by atoms with Gasteiger partial charge in [0, 0.05) is 17.1 Å². The van der Waals surface area contributed by atoms with E-state index in [1.54, 1.807) is 0 Å². The summed E-state index contributed by atoms with van der Waals surface area (Å²) in [6.45, 7) is 7.69. The minimum absolute atomic E-state index is 0.747. The Labute approximate surface area is 103 Å². The molecule has 0 spiro atoms. The van der Waals surface area contributed by atoms with Crippen molar-refractivity contribution in [2.24, 2.45) is 0 Å². The molecule has 0 saturated heterocycles. The monoisotopic (exact) mass is 241 g/mol. The average Bonchev–Trinajstić information content (AvgIpc) is 2.28. The van der Waals surface area contributed by atoms with Crippen LogP contribution in [0.15, 0.2) is 6.07 Å². The van der Waals surface area contributed by atoms with Gasteiger partial charge in [0.15, 0.2) is 0 Å². The maximum atomic E-state index is 6.24. The topological polar surface area (TPSA) is 21.3 Å². The van der Waals surface area contributed by atoms with E-state index in [1.165, 1.54) is 0 Å². The normalized spacial score (nSPS) is 10.6. The van der Waals surface area contributed by atoms with E-state index in [9.17, 15) is 0 Å². The number of nitrogens with one attached hydrogen (secondary N) is 1. The summed E-state index contributed by atoms with van der Waals surface area (Å²) in [7, 11) is 1.93. The molecule has 0 bridgehead atoms. The fourth-order valence-electron chi connectivity index (χ4n) is 1.70. The van der Waals surface area contributed by atoms with Crippen LogP contribution in [0.3, 0.4) is 0 Å². The van der Waals surface area contributed by atoms with Crippen molar-refractivity contribution in [2.45, 2.75) is 33.7 Å². The molecule has 0 aliphatic carbocycles. The van der Waals surface area contributed by atoms with E-state index in [1.807, 2.05) is 27.0 Å². The van der Waals surface area contributed by atoms with Gasteiger partial charge in [0.1, 0.15) is 5.75 Å². The summed E-state index contributed by atoms with van der Waals surface area (Å²) in [5.41, 5.74) is 3.35. The van der Waals surface area contributed by atoms with Gasteiger partial charge in [-0.3, -0.25) is 0 Å². The Balaban J connectivity index is 3.12. The molecule has 0 unspecified atom stereocenters. The molecule has 3 heteroatoms. The van der Waals surface area contributed by atoms with Gasteiger partial charge in [0.2, 0.25) is 0 Å². The van der Waals surface area contributed by atoms with E-state index in [0.717, 1.165) is 47.0 Å². The van der Waals surface area contributed by atoms with Crippen LogP contribution in [0, 0.1) is 13.8 Å². The average molecular weight is 242 g/mol. The zero-order valence-corrected chi connectivity index (χ0v) is 11.2. The lowest BCUT2D eigenvalue weighted by molar-refractivity contribution is 0.313. The number of hydrogen-bond donors (Lipinski definition) is 1. The van der Waals surface area contributed by atoms with Crippen LogP contribution in [0.5, 0.6) is 5.75 Å². The third-order valence-corrected chi connectivity index (χ3v) is 3.17. The van der Waals surface area contributed by atoms with Crippen LogP contribution < -0.4 is 10.1 Å². The lowest BCUT2D eigenvalue weighted by atomic mass is 10.0. The fourth-order valence-corrected chi connectivity index (χ4v) is 1.87. The first kappa shape index (κ1) is 13.3. The van der Waals surface area contributed by atoms with Crippen LogP contribution in [0.4, 0.5) is 0 Å². The highest BCUT2D eigenvalue weighted by Gasteiger charge is 2.12. The minimum Gasteiger partial charge on any atom is -0.493 e. The zero-order valence-electron chi connectivity index (χ0n) is 10.5. The Kier molecular flexibility index (Phi) is 5.10. The predicted molar refractivity (Wildman–Crippen MR) is 69.5 cm³/mol. The highest BCUT2D eigenvalue weighted by Crippen LogP contribution is 2.31. The van der Waals surface area contributed by atoms with Crippen LogP contribution in [0.25, 0.3) is 0 Å². The standard InChI is InChI=1S/C13H20ClNO/c1-5-6-16-12-7-9(2)13(14)10(3)11(12)8-15-4/h7,15H,5-6,8H2,1-4H3. The first-order valence-electron chi connectivity index (χ1n) is 5.67. The van der Waals surface area contributed by atoms with Crippen molar-refractivity contribution in [3.05, 3.63) is 27.8 Å². The van der Waals surface area contributed by atoms with Gasteiger partial charge in [-0.25, -0.2) is 0 Å². The first-order chi connectivity index (χ1) is 7.61. The van der Waals surface area contributed by atoms with E-state index >= 15 is 0 Å². The second-order valence-electron chi connectivity index (χ2n) is 3.99. The van der Waals surface area contributed by atoms with Gasteiger partial charge in [-0.05, 0) is 44.5 Å². The van der Waals surface area contributed by atoms with Crippen molar-refractivity contribution >= 4 is 11.6 Å². The van der Waals surface area contributed by atoms with Gasteiger partial charge in [0.05, 0.1) is 6.61 Å². The largest absolute Gasteiger partial charge is 0.493 e. The Hall–Kier alpha value is -0.730. The second kappa shape index (κ2) is 6.12. The SMILES string of the molecule is CCCOc1cc(C)c(Cl)c(C)c1CNC. The molecule has 1 aromatic carbocycles. The Morgan fingerprint density at radius 1 is 1.38 bits per heavy atom. The molecular weight excluding hydrogens is 222 g/mol. The smallest absolute Gasteiger partial charge is 0.124 e. The summed E-state index contributed by atoms with van der Waals surface area (Å²) in [5, 5.41) is 3.99. The molecule has 2 nitrogen and oxygen atoms in total. The van der Waals surface area contributed by atoms with Crippen molar-refractivity contribution in [1.29, 1.82) is 0 Å². The highest BCUT2D eigenvalue weighted by atomic mass is 35.5. The molecule has 90 valence electrons. The number of halogens is 1. The number of aryl methyl sites for hydroxylation is 1. The van der Waals surface area contributed by atoms with Crippen LogP contribution in [-0.4, -0.2) is 13.7 Å². The van der Waals surface area contributed by atoms with Gasteiger partial charge in [-0.1, -0.05) is 18.5 Å². The van der Waals surface area contributed by atoms with Crippen molar-refractivity contribution < 1.29 is 4.74 Å². The van der Waals surface area contributed by atoms with E-state index in [4.69, 9.17) is 16.3 Å². The van der Waals surface area contributed by atoms with Crippen molar-refractivity contribution in [3.63, 3.8) is 0 Å². The first-order valence-corrected chi connectivity index (χ1v) is 6.05. The Morgan fingerprint density at radius 3 is 2.62 bits per heavy atom. The predicted octanol–water partition coefficient (Wildman–Crippen LogP) is 3.47. The molecular formula is C13H20ClNO. The fraction of sp³-hybridized carbons (Fsp3) is 0.538. The summed E-state index contributed by atoms with van der Waals surface area (Å²) in [4.78, 5) is 0. The summed E-state index contributed by atoms with van der Waals surface area (Å²) in [5.74, 6) is 0.954. The molecule has 1 rings (SSSR count). The maximum Gasteiger partial charge on any atom is 0.124 e. The number of ether oxygens (including phenoxy) is 1. The summed E-state index contributed by atoms with van der Waals surface area (Å²) in [6.07, 6.45) is 1.01. The van der Waals surface area contributed by atoms with Crippen LogP contribution in [-0.2, 0) is 6.54 Å². The molecule has 0 amide bonds. The lowest BCUT2D eigenvalue weighted by Gasteiger charge is -2.16. The van der Waals surface area contributed by atoms with E-state index in [0.29, 0.717) is 0 Å². The number of rotatable bonds is 5. The maximum absolute atomic E-state index is 6.24. The van der Waals surface area contributed by atoms with E-state index < -0.39 is 0 Å². The third kappa shape index (κ3) is 2.89. The number of hydrogen-bond acceptors (Lipinski definition) is 2. The highest BCUT2D eigenvalue weighted by molar-refractivity contribution is 6.32. The molecule has 0 aliphatic heterocycles. The summed E-state index contributed by atoms with van der Waals surface area (Å²) in [6, 6.07) is 2.03. The van der Waals surface area contributed by atoms with Gasteiger partial charge in [0.25, 0.3) is 0 Å². The molecule has 0 atom stereocenters. The van der Waals surface area contributed by atoms with Gasteiger partial charge in [-0.2, -0.15) is 0 Å². The Bertz CT molecular complexity index is 363. The van der Waals surface area contributed by atoms with Crippen molar-refractivity contribution in [2.75, 3.05) is 13.7 Å². The molecule has 0 fully saturated rings. The van der Waals surface area contributed by atoms with Gasteiger partial charge in [-0.15, -0.1) is 0 Å². The van der Waals surface area contributed by atoms with E-state index in [2.05, 4.69) is 12.2 Å². The second-order valence-corrected chi connectivity index (χ2v) is 4.37. The van der Waals surface area contributed by atoms with Crippen LogP contribution in [0.2, 0.25) is 5.02 Å². The molecule has 0 aliphatic rings. The van der Waals surface area contributed by atoms with Crippen LogP contribution in [0.1, 0.15) is 30.0 Å². The molecule has 0 radical (unpaired) electrons. The third-order valence-electron chi connectivity index (χ3n) is 2.59. The summed E-state index contributed by atoms with van der Waals surface area (Å²) >= 11 is 6.24. The Morgan fingerprint density at radius 2 is 2.06 bits per heavy atom. The molecule has 16 heavy (non-hydrogen) atoms. The lowest BCUT2D eigenvalue weighted by Crippen LogP contribution is -2.10. The molecule has 0 aromatic heterocycles. The van der Waals surface area contributed by atoms with Crippen LogP contribution >= 0.6 is 11.6 Å². The molecule has 0 saturated carbocycles. The van der Waals surface area contributed by atoms with Gasteiger partial charge >= 0.3 is 0 Å². The van der Waals surface area contributed by atoms with Crippen molar-refractivity contribution in [1.82, 2.24) is 5.32 Å². The quantitative estimate of drug-likeness (QED) is 0.853. The van der Waals surface area contributed by atoms with Crippen molar-refractivity contribution in [3.8, 4) is 5.75 Å². The minimum atomic E-state index is 0.747. The zero-order chi connectivity index (χ0) is 12.1. The van der Waals surface area contributed by atoms with E-state index in [-0.39, 0.29) is 0 Å². The summed E-state index contributed by atoms with van der Waals surface area (Å²) < 4.78 is 5.76. The van der Waals surface area contributed by atoms with Gasteiger partial charge < -0.3 is 10.1 Å². The molecule has 0 heterocycles. The number of benzene rings is 1. The molecule has 1 aromatic rings.